The molecule has 0 unspecified atom stereocenters. The molecule has 7 heteroatoms. The summed E-state index contributed by atoms with van der Waals surface area (Å²) in [6.45, 7) is 8.38. The number of rotatable bonds is 11. The molecule has 2 aromatic heterocycles. The van der Waals surface area contributed by atoms with Crippen molar-refractivity contribution in [1.82, 2.24) is 9.97 Å². The molecule has 0 aliphatic carbocycles. The number of thioether (sulfide) groups is 1. The topological polar surface area (TPSA) is 85.4 Å². The van der Waals surface area contributed by atoms with Gasteiger partial charge in [0.05, 0.1) is 29.2 Å². The van der Waals surface area contributed by atoms with Crippen LogP contribution in [0.25, 0.3) is 11.4 Å². The van der Waals surface area contributed by atoms with Gasteiger partial charge in [-0.15, -0.1) is 11.8 Å². The van der Waals surface area contributed by atoms with Crippen molar-refractivity contribution in [3.8, 4) is 11.4 Å². The maximum atomic E-state index is 6.42. The van der Waals surface area contributed by atoms with Crippen LogP contribution in [0.5, 0.6) is 0 Å². The summed E-state index contributed by atoms with van der Waals surface area (Å²) < 4.78 is 5.75. The number of nitrogens with two attached hydrogens (primary N) is 1. The molecule has 0 aliphatic heterocycles. The first-order valence-electron chi connectivity index (χ1n) is 11.2. The normalized spacial score (nSPS) is 11.7. The number of aliphatic imine (C=N–C) groups is 1. The number of aryl methyl sites for hydroxylation is 1. The Bertz CT molecular complexity index is 1070. The fraction of sp³-hybridized carbons (Fsp3) is 0.346. The molecule has 0 amide bonds. The van der Waals surface area contributed by atoms with Crippen molar-refractivity contribution < 1.29 is 4.74 Å². The van der Waals surface area contributed by atoms with Crippen molar-refractivity contribution in [2.75, 3.05) is 31.3 Å². The van der Waals surface area contributed by atoms with E-state index in [0.29, 0.717) is 30.7 Å². The molecule has 0 spiro atoms. The van der Waals surface area contributed by atoms with Gasteiger partial charge in [-0.2, -0.15) is 0 Å². The van der Waals surface area contributed by atoms with Crippen molar-refractivity contribution >= 4 is 29.1 Å². The van der Waals surface area contributed by atoms with Gasteiger partial charge in [0.2, 0.25) is 0 Å². The van der Waals surface area contributed by atoms with Crippen LogP contribution in [0.15, 0.2) is 64.6 Å². The lowest BCUT2D eigenvalue weighted by molar-refractivity contribution is 0.132. The second-order valence-electron chi connectivity index (χ2n) is 8.18. The van der Waals surface area contributed by atoms with E-state index in [1.807, 2.05) is 61.7 Å². The van der Waals surface area contributed by atoms with Crippen molar-refractivity contribution in [3.05, 3.63) is 65.9 Å². The maximum Gasteiger partial charge on any atom is 0.137 e. The number of hydrogen-bond donors (Lipinski definition) is 2. The van der Waals surface area contributed by atoms with Gasteiger partial charge in [0.1, 0.15) is 11.7 Å². The highest BCUT2D eigenvalue weighted by molar-refractivity contribution is 7.98. The molecule has 33 heavy (non-hydrogen) atoms. The first-order valence-corrected chi connectivity index (χ1v) is 12.4. The Kier molecular flexibility index (Phi) is 9.27. The molecule has 0 saturated carbocycles. The molecule has 0 radical (unpaired) electrons. The van der Waals surface area contributed by atoms with Gasteiger partial charge in [-0.3, -0.25) is 4.98 Å². The molecule has 3 N–H and O–H groups in total. The highest BCUT2D eigenvalue weighted by Gasteiger charge is 2.13. The van der Waals surface area contributed by atoms with Crippen LogP contribution >= 0.6 is 11.8 Å². The number of pyridine rings is 2. The lowest BCUT2D eigenvalue weighted by Gasteiger charge is -2.14. The average Bonchev–Trinajstić information content (AvgIpc) is 2.81. The summed E-state index contributed by atoms with van der Waals surface area (Å²) in [6, 6.07) is 15.9. The summed E-state index contributed by atoms with van der Waals surface area (Å²) in [6.07, 6.45) is 4.88. The summed E-state index contributed by atoms with van der Waals surface area (Å²) >= 11 is 1.69. The average molecular weight is 464 g/mol. The Morgan fingerprint density at radius 2 is 1.91 bits per heavy atom. The van der Waals surface area contributed by atoms with Crippen LogP contribution in [0.4, 0.5) is 11.5 Å². The van der Waals surface area contributed by atoms with Crippen LogP contribution < -0.4 is 11.1 Å². The van der Waals surface area contributed by atoms with Crippen LogP contribution in [-0.2, 0) is 4.74 Å². The third-order valence-corrected chi connectivity index (χ3v) is 5.87. The van der Waals surface area contributed by atoms with Gasteiger partial charge in [-0.25, -0.2) is 9.98 Å². The molecular formula is C26H33N5OS. The Hall–Kier alpha value is -2.90. The number of amidine groups is 1. The summed E-state index contributed by atoms with van der Waals surface area (Å²) in [5.41, 5.74) is 10.7. The van der Waals surface area contributed by atoms with E-state index < -0.39 is 0 Å². The Morgan fingerprint density at radius 3 is 2.61 bits per heavy atom. The van der Waals surface area contributed by atoms with Crippen LogP contribution in [0.1, 0.15) is 31.4 Å². The summed E-state index contributed by atoms with van der Waals surface area (Å²) in [7, 11) is 0. The first kappa shape index (κ1) is 24.7. The molecule has 3 rings (SSSR count). The lowest BCUT2D eigenvalue weighted by Crippen LogP contribution is -2.19. The van der Waals surface area contributed by atoms with E-state index in [1.165, 1.54) is 4.90 Å². The zero-order valence-electron chi connectivity index (χ0n) is 19.8. The monoisotopic (exact) mass is 463 g/mol. The highest BCUT2D eigenvalue weighted by Crippen LogP contribution is 2.24. The molecule has 0 fully saturated rings. The number of anilines is 1. The van der Waals surface area contributed by atoms with Crippen LogP contribution in [0, 0.1) is 12.8 Å². The first-order chi connectivity index (χ1) is 16.0. The van der Waals surface area contributed by atoms with E-state index in [9.17, 15) is 0 Å². The number of nitrogens with zero attached hydrogens (tertiary/aromatic N) is 3. The predicted octanol–water partition coefficient (Wildman–Crippen LogP) is 5.69. The van der Waals surface area contributed by atoms with E-state index in [4.69, 9.17) is 15.5 Å². The molecule has 0 atom stereocenters. The van der Waals surface area contributed by atoms with E-state index in [0.717, 1.165) is 41.2 Å². The quantitative estimate of drug-likeness (QED) is 0.165. The Labute approximate surface area is 201 Å². The fourth-order valence-corrected chi connectivity index (χ4v) is 3.61. The van der Waals surface area contributed by atoms with E-state index >= 15 is 0 Å². The van der Waals surface area contributed by atoms with Gasteiger partial charge in [0, 0.05) is 24.2 Å². The highest BCUT2D eigenvalue weighted by atomic mass is 32.2. The molecule has 2 heterocycles. The minimum absolute atomic E-state index is 0.409. The minimum Gasteiger partial charge on any atom is -0.383 e. The standard InChI is InChI=1S/C26H33N5OS/c1-18(2)13-16-32-17-15-29-26-22(25(27)30-20-7-9-21(33-4)10-8-20)11-12-23(31-26)24-19(3)6-5-14-28-24/h5-12,14,18H,13,15-17H2,1-4H3,(H2,27,30)(H,29,31). The number of nitrogens with one attached hydrogen (secondary N) is 1. The molecule has 0 saturated heterocycles. The lowest BCUT2D eigenvalue weighted by atomic mass is 10.1. The van der Waals surface area contributed by atoms with E-state index in [1.54, 1.807) is 18.0 Å². The van der Waals surface area contributed by atoms with Crippen LogP contribution in [0.3, 0.4) is 0 Å². The van der Waals surface area contributed by atoms with Crippen LogP contribution in [-0.4, -0.2) is 41.8 Å². The van der Waals surface area contributed by atoms with Crippen molar-refractivity contribution in [3.63, 3.8) is 0 Å². The van der Waals surface area contributed by atoms with Gasteiger partial charge in [-0.1, -0.05) is 19.9 Å². The number of hydrogen-bond acceptors (Lipinski definition) is 6. The zero-order valence-corrected chi connectivity index (χ0v) is 20.7. The zero-order chi connectivity index (χ0) is 23.6. The molecule has 0 bridgehead atoms. The van der Waals surface area contributed by atoms with E-state index in [-0.39, 0.29) is 0 Å². The number of ether oxygens (including phenoxy) is 1. The van der Waals surface area contributed by atoms with Crippen molar-refractivity contribution in [2.24, 2.45) is 16.6 Å². The Balaban J connectivity index is 1.84. The Morgan fingerprint density at radius 1 is 1.12 bits per heavy atom. The SMILES string of the molecule is CSc1ccc(N=C(N)c2ccc(-c3ncccc3C)nc2NCCOCCC(C)C)cc1. The molecule has 0 aliphatic rings. The van der Waals surface area contributed by atoms with Crippen LogP contribution in [0.2, 0.25) is 0 Å². The molecule has 174 valence electrons. The van der Waals surface area contributed by atoms with Crippen molar-refractivity contribution in [1.29, 1.82) is 0 Å². The molecule has 6 nitrogen and oxygen atoms in total. The minimum atomic E-state index is 0.409. The van der Waals surface area contributed by atoms with Gasteiger partial charge >= 0.3 is 0 Å². The number of aromatic nitrogens is 2. The molecule has 3 aromatic rings. The molecule has 1 aromatic carbocycles. The third kappa shape index (κ3) is 7.30. The molecular weight excluding hydrogens is 430 g/mol. The third-order valence-electron chi connectivity index (χ3n) is 5.12. The maximum absolute atomic E-state index is 6.42. The summed E-state index contributed by atoms with van der Waals surface area (Å²) in [5, 5.41) is 3.39. The van der Waals surface area contributed by atoms with Gasteiger partial charge < -0.3 is 15.8 Å². The summed E-state index contributed by atoms with van der Waals surface area (Å²) in [5.74, 6) is 1.71. The van der Waals surface area contributed by atoms with Gasteiger partial charge in [-0.05, 0) is 73.5 Å². The largest absolute Gasteiger partial charge is 0.383 e. The number of benzene rings is 1. The van der Waals surface area contributed by atoms with Gasteiger partial charge in [0.25, 0.3) is 0 Å². The van der Waals surface area contributed by atoms with E-state index in [2.05, 4.69) is 29.1 Å². The van der Waals surface area contributed by atoms with Gasteiger partial charge in [0.15, 0.2) is 0 Å². The smallest absolute Gasteiger partial charge is 0.137 e. The van der Waals surface area contributed by atoms with Crippen molar-refractivity contribution in [2.45, 2.75) is 32.1 Å². The second kappa shape index (κ2) is 12.4. The fourth-order valence-electron chi connectivity index (χ4n) is 3.21. The second-order valence-corrected chi connectivity index (χ2v) is 9.06. The summed E-state index contributed by atoms with van der Waals surface area (Å²) in [4.78, 5) is 15.2. The predicted molar refractivity (Wildman–Crippen MR) is 140 cm³/mol.